The zero-order valence-electron chi connectivity index (χ0n) is 14.2. The average molecular weight is 377 g/mol. The molecule has 0 radical (unpaired) electrons. The smallest absolute Gasteiger partial charge is 0.335 e. The molecule has 1 aliphatic heterocycles. The van der Waals surface area contributed by atoms with Crippen LogP contribution >= 0.6 is 0 Å². The largest absolute Gasteiger partial charge is 0.478 e. The van der Waals surface area contributed by atoms with Crippen LogP contribution in [0.2, 0.25) is 0 Å². The molecule has 0 aliphatic carbocycles. The van der Waals surface area contributed by atoms with Crippen LogP contribution in [0.5, 0.6) is 0 Å². The second kappa shape index (κ2) is 6.91. The van der Waals surface area contributed by atoms with E-state index in [1.54, 1.807) is 35.9 Å². The Balaban J connectivity index is 1.78. The number of carbonyl (C=O) groups excluding carboxylic acids is 1. The highest BCUT2D eigenvalue weighted by Crippen LogP contribution is 2.27. The van der Waals surface area contributed by atoms with Gasteiger partial charge in [-0.15, -0.1) is 0 Å². The van der Waals surface area contributed by atoms with Gasteiger partial charge in [-0.05, 0) is 25.0 Å². The Bertz CT molecular complexity index is 965. The molecule has 1 aromatic carbocycles. The van der Waals surface area contributed by atoms with Crippen molar-refractivity contribution in [2.24, 2.45) is 0 Å². The number of nitrogens with one attached hydrogen (secondary N) is 1. The summed E-state index contributed by atoms with van der Waals surface area (Å²) in [5.41, 5.74) is 1.15. The van der Waals surface area contributed by atoms with E-state index in [1.165, 1.54) is 6.07 Å². The SMILES string of the molecule is Cc1cc(NC(=O)Cc2ccccc2C(=O)O)n(C2CCS(=O)(=O)C2)n1. The Hall–Kier alpha value is -2.68. The maximum Gasteiger partial charge on any atom is 0.335 e. The number of amides is 1. The van der Waals surface area contributed by atoms with Crippen LogP contribution in [-0.2, 0) is 21.1 Å². The summed E-state index contributed by atoms with van der Waals surface area (Å²) in [7, 11) is -3.08. The molecule has 1 atom stereocenters. The van der Waals surface area contributed by atoms with E-state index in [2.05, 4.69) is 10.4 Å². The van der Waals surface area contributed by atoms with Crippen LogP contribution in [-0.4, -0.2) is 46.7 Å². The molecule has 3 rings (SSSR count). The van der Waals surface area contributed by atoms with E-state index in [0.717, 1.165) is 0 Å². The van der Waals surface area contributed by atoms with Gasteiger partial charge in [0, 0.05) is 6.07 Å². The lowest BCUT2D eigenvalue weighted by molar-refractivity contribution is -0.115. The van der Waals surface area contributed by atoms with E-state index in [9.17, 15) is 23.1 Å². The molecule has 1 aliphatic rings. The van der Waals surface area contributed by atoms with Crippen molar-refractivity contribution in [3.8, 4) is 0 Å². The lowest BCUT2D eigenvalue weighted by Crippen LogP contribution is -2.21. The number of anilines is 1. The molecular weight excluding hydrogens is 358 g/mol. The van der Waals surface area contributed by atoms with E-state index in [-0.39, 0.29) is 35.4 Å². The number of benzene rings is 1. The number of carbonyl (C=O) groups is 2. The summed E-state index contributed by atoms with van der Waals surface area (Å²) < 4.78 is 25.0. The number of aromatic nitrogens is 2. The molecule has 26 heavy (non-hydrogen) atoms. The van der Waals surface area contributed by atoms with Crippen LogP contribution in [0.15, 0.2) is 30.3 Å². The first-order valence-electron chi connectivity index (χ1n) is 8.13. The predicted molar refractivity (Wildman–Crippen MR) is 95.0 cm³/mol. The predicted octanol–water partition coefficient (Wildman–Crippen LogP) is 1.43. The fourth-order valence-electron chi connectivity index (χ4n) is 3.10. The molecule has 0 spiro atoms. The number of rotatable bonds is 5. The van der Waals surface area contributed by atoms with Crippen molar-refractivity contribution in [2.75, 3.05) is 16.8 Å². The lowest BCUT2D eigenvalue weighted by atomic mass is 10.0. The minimum Gasteiger partial charge on any atom is -0.478 e. The molecule has 8 nitrogen and oxygen atoms in total. The molecule has 2 N–H and O–H groups in total. The van der Waals surface area contributed by atoms with Crippen molar-refractivity contribution in [3.63, 3.8) is 0 Å². The third kappa shape index (κ3) is 3.93. The highest BCUT2D eigenvalue weighted by molar-refractivity contribution is 7.91. The summed E-state index contributed by atoms with van der Waals surface area (Å²) in [5, 5.41) is 16.2. The number of aryl methyl sites for hydroxylation is 1. The van der Waals surface area contributed by atoms with Gasteiger partial charge in [0.15, 0.2) is 9.84 Å². The highest BCUT2D eigenvalue weighted by atomic mass is 32.2. The van der Waals surface area contributed by atoms with Crippen molar-refractivity contribution >= 4 is 27.5 Å². The normalized spacial score (nSPS) is 18.6. The topological polar surface area (TPSA) is 118 Å². The standard InChI is InChI=1S/C17H19N3O5S/c1-11-8-15(20(19-11)13-6-7-26(24,25)10-13)18-16(21)9-12-4-2-3-5-14(12)17(22)23/h2-5,8,13H,6-7,9-10H2,1H3,(H,18,21)(H,22,23). The summed E-state index contributed by atoms with van der Waals surface area (Å²) >= 11 is 0. The van der Waals surface area contributed by atoms with Gasteiger partial charge in [0.25, 0.3) is 0 Å². The van der Waals surface area contributed by atoms with Crippen molar-refractivity contribution in [2.45, 2.75) is 25.8 Å². The van der Waals surface area contributed by atoms with Crippen LogP contribution in [0.3, 0.4) is 0 Å². The minimum atomic E-state index is -3.08. The van der Waals surface area contributed by atoms with Crippen LogP contribution in [0.4, 0.5) is 5.82 Å². The first-order chi connectivity index (χ1) is 12.2. The number of hydrogen-bond acceptors (Lipinski definition) is 5. The molecule has 9 heteroatoms. The first kappa shape index (κ1) is 18.1. The van der Waals surface area contributed by atoms with Crippen LogP contribution in [0.25, 0.3) is 0 Å². The van der Waals surface area contributed by atoms with Gasteiger partial charge in [-0.25, -0.2) is 17.9 Å². The van der Waals surface area contributed by atoms with Crippen molar-refractivity contribution in [1.29, 1.82) is 0 Å². The maximum atomic E-state index is 12.4. The van der Waals surface area contributed by atoms with Gasteiger partial charge >= 0.3 is 5.97 Å². The monoisotopic (exact) mass is 377 g/mol. The molecule has 138 valence electrons. The summed E-state index contributed by atoms with van der Waals surface area (Å²) in [4.78, 5) is 23.6. The Morgan fingerprint density at radius 3 is 2.73 bits per heavy atom. The van der Waals surface area contributed by atoms with Gasteiger partial charge in [0.05, 0.1) is 35.2 Å². The van der Waals surface area contributed by atoms with E-state index in [1.807, 2.05) is 0 Å². The minimum absolute atomic E-state index is 0.00115. The number of nitrogens with zero attached hydrogens (tertiary/aromatic N) is 2. The molecule has 1 fully saturated rings. The number of hydrogen-bond donors (Lipinski definition) is 2. The van der Waals surface area contributed by atoms with Gasteiger partial charge in [-0.3, -0.25) is 4.79 Å². The first-order valence-corrected chi connectivity index (χ1v) is 9.95. The highest BCUT2D eigenvalue weighted by Gasteiger charge is 2.31. The number of carboxylic acids is 1. The van der Waals surface area contributed by atoms with Gasteiger partial charge in [-0.1, -0.05) is 18.2 Å². The number of aromatic carboxylic acids is 1. The molecular formula is C17H19N3O5S. The zero-order chi connectivity index (χ0) is 18.9. The zero-order valence-corrected chi connectivity index (χ0v) is 15.0. The average Bonchev–Trinajstić information content (AvgIpc) is 3.09. The summed E-state index contributed by atoms with van der Waals surface area (Å²) in [5.74, 6) is -0.956. The molecule has 1 amide bonds. The fourth-order valence-corrected chi connectivity index (χ4v) is 4.79. The Kier molecular flexibility index (Phi) is 4.82. The van der Waals surface area contributed by atoms with E-state index >= 15 is 0 Å². The molecule has 2 aromatic rings. The number of carboxylic acid groups (broad SMARTS) is 1. The van der Waals surface area contributed by atoms with Gasteiger partial charge in [0.2, 0.25) is 5.91 Å². The summed E-state index contributed by atoms with van der Waals surface area (Å²) in [6.07, 6.45) is 0.351. The third-order valence-electron chi connectivity index (χ3n) is 4.28. The molecule has 0 saturated carbocycles. The third-order valence-corrected chi connectivity index (χ3v) is 6.03. The van der Waals surface area contributed by atoms with Crippen molar-refractivity contribution in [3.05, 3.63) is 47.2 Å². The lowest BCUT2D eigenvalue weighted by Gasteiger charge is -2.14. The van der Waals surface area contributed by atoms with Crippen molar-refractivity contribution < 1.29 is 23.1 Å². The second-order valence-electron chi connectivity index (χ2n) is 6.36. The summed E-state index contributed by atoms with van der Waals surface area (Å²) in [6.45, 7) is 1.76. The summed E-state index contributed by atoms with van der Waals surface area (Å²) in [6, 6.07) is 7.68. The maximum absolute atomic E-state index is 12.4. The quantitative estimate of drug-likeness (QED) is 0.814. The van der Waals surface area contributed by atoms with Crippen LogP contribution in [0, 0.1) is 6.92 Å². The van der Waals surface area contributed by atoms with Crippen LogP contribution in [0.1, 0.15) is 34.1 Å². The van der Waals surface area contributed by atoms with Crippen molar-refractivity contribution in [1.82, 2.24) is 9.78 Å². The molecule has 1 saturated heterocycles. The van der Waals surface area contributed by atoms with E-state index in [0.29, 0.717) is 23.5 Å². The Morgan fingerprint density at radius 1 is 1.35 bits per heavy atom. The Labute approximate surface area is 150 Å². The molecule has 2 heterocycles. The van der Waals surface area contributed by atoms with Gasteiger partial charge in [0.1, 0.15) is 5.82 Å². The van der Waals surface area contributed by atoms with E-state index < -0.39 is 15.8 Å². The van der Waals surface area contributed by atoms with Gasteiger partial charge in [-0.2, -0.15) is 5.10 Å². The molecule has 0 bridgehead atoms. The number of sulfone groups is 1. The van der Waals surface area contributed by atoms with Crippen LogP contribution < -0.4 is 5.32 Å². The molecule has 1 unspecified atom stereocenters. The van der Waals surface area contributed by atoms with Gasteiger partial charge < -0.3 is 10.4 Å². The molecule has 1 aromatic heterocycles. The van der Waals surface area contributed by atoms with E-state index in [4.69, 9.17) is 0 Å². The second-order valence-corrected chi connectivity index (χ2v) is 8.59. The fraction of sp³-hybridized carbons (Fsp3) is 0.353. The Morgan fingerprint density at radius 2 is 2.08 bits per heavy atom.